The molecule has 4 aromatic carbocycles. The van der Waals surface area contributed by atoms with Gasteiger partial charge in [-0.2, -0.15) is 0 Å². The van der Waals surface area contributed by atoms with Gasteiger partial charge in [0.15, 0.2) is 0 Å². The number of fused-ring (bicyclic) bond motifs is 2. The molecule has 68 heavy (non-hydrogen) atoms. The molecule has 2 aliphatic rings. The Hall–Kier alpha value is -5.93. The van der Waals surface area contributed by atoms with Gasteiger partial charge in [0.1, 0.15) is 47.4 Å². The average molecular weight is 935 g/mol. The number of carboxylic acid groups (broad SMARTS) is 2. The van der Waals surface area contributed by atoms with Crippen molar-refractivity contribution in [2.75, 3.05) is 86.0 Å². The van der Waals surface area contributed by atoms with Gasteiger partial charge in [0.2, 0.25) is 0 Å². The Morgan fingerprint density at radius 3 is 1.82 bits per heavy atom. The molecule has 0 amide bonds. The number of likely N-dealkylation sites (tertiary alicyclic amines) is 2. The molecule has 2 aromatic heterocycles. The first-order valence-electron chi connectivity index (χ1n) is 24.0. The number of halogens is 1. The van der Waals surface area contributed by atoms with E-state index < -0.39 is 11.9 Å². The first-order chi connectivity index (χ1) is 33.1. The van der Waals surface area contributed by atoms with Gasteiger partial charge in [-0.1, -0.05) is 30.3 Å². The molecule has 364 valence electrons. The van der Waals surface area contributed by atoms with E-state index in [0.717, 1.165) is 95.6 Å². The summed E-state index contributed by atoms with van der Waals surface area (Å²) in [6.45, 7) is 16.8. The smallest absolute Gasteiger partial charge is 0.339 e. The number of nitrogens with zero attached hydrogens (tertiary/aromatic N) is 4. The normalized spacial score (nSPS) is 15.1. The molecular weight excluding hydrogens is 868 g/mol. The second-order valence-corrected chi connectivity index (χ2v) is 17.5. The Morgan fingerprint density at radius 1 is 0.632 bits per heavy atom. The number of piperidine rings is 2. The molecule has 6 aromatic rings. The highest BCUT2D eigenvalue weighted by atomic mass is 19.1. The van der Waals surface area contributed by atoms with Gasteiger partial charge in [-0.15, -0.1) is 0 Å². The summed E-state index contributed by atoms with van der Waals surface area (Å²) < 4.78 is 46.6. The fourth-order valence-corrected chi connectivity index (χ4v) is 9.70. The molecule has 14 heteroatoms. The van der Waals surface area contributed by atoms with Crippen LogP contribution in [0.4, 0.5) is 4.39 Å². The van der Waals surface area contributed by atoms with Crippen molar-refractivity contribution in [2.45, 2.75) is 71.4 Å². The number of carbonyl (C=O) groups is 2. The maximum atomic E-state index is 14.1. The second-order valence-electron chi connectivity index (χ2n) is 17.5. The van der Waals surface area contributed by atoms with Crippen LogP contribution in [0.3, 0.4) is 0 Å². The largest absolute Gasteiger partial charge is 0.497 e. The third-order valence-corrected chi connectivity index (χ3v) is 13.3. The lowest BCUT2D eigenvalue weighted by Crippen LogP contribution is -2.35. The van der Waals surface area contributed by atoms with Crippen LogP contribution in [0.2, 0.25) is 0 Å². The van der Waals surface area contributed by atoms with E-state index in [0.29, 0.717) is 62.1 Å². The number of benzene rings is 4. The average Bonchev–Trinajstić information content (AvgIpc) is 3.91. The number of carboxylic acids is 2. The second kappa shape index (κ2) is 24.4. The number of methoxy groups -OCH3 is 1. The highest BCUT2D eigenvalue weighted by Crippen LogP contribution is 2.37. The highest BCUT2D eigenvalue weighted by Gasteiger charge is 2.26. The molecule has 0 bridgehead atoms. The van der Waals surface area contributed by atoms with Crippen molar-refractivity contribution in [2.24, 2.45) is 0 Å². The molecule has 2 N–H and O–H groups in total. The van der Waals surface area contributed by atoms with E-state index in [1.54, 1.807) is 42.5 Å². The third kappa shape index (κ3) is 12.6. The van der Waals surface area contributed by atoms with Crippen LogP contribution in [0.15, 0.2) is 91.3 Å². The molecule has 0 saturated carbocycles. The summed E-state index contributed by atoms with van der Waals surface area (Å²) in [5.74, 6) is 0.0253. The maximum Gasteiger partial charge on any atom is 0.339 e. The van der Waals surface area contributed by atoms with Crippen molar-refractivity contribution in [3.05, 3.63) is 125 Å². The predicted molar refractivity (Wildman–Crippen MR) is 263 cm³/mol. The van der Waals surface area contributed by atoms with Crippen molar-refractivity contribution < 1.29 is 47.9 Å². The SMILES string of the molecule is CCOCCn1cc(C2CCN(CCOc3cc(OC)ccc3C(=O)O)CC2)c2cc(F)ccc21.CCOCCn1cc(C2CCN(CCOc3ccccc3C(=O)O)CC2)c2cccc(C)c21. The molecule has 0 aliphatic carbocycles. The summed E-state index contributed by atoms with van der Waals surface area (Å²) in [7, 11) is 1.54. The van der Waals surface area contributed by atoms with Crippen LogP contribution in [-0.2, 0) is 22.6 Å². The van der Waals surface area contributed by atoms with E-state index >= 15 is 0 Å². The van der Waals surface area contributed by atoms with E-state index in [4.69, 9.17) is 23.7 Å². The molecule has 0 radical (unpaired) electrons. The Morgan fingerprint density at radius 2 is 1.21 bits per heavy atom. The number of aromatic carboxylic acids is 2. The Labute approximate surface area is 398 Å². The molecule has 8 rings (SSSR count). The fraction of sp³-hybridized carbons (Fsp3) is 0.444. The van der Waals surface area contributed by atoms with E-state index in [2.05, 4.69) is 56.5 Å². The fourth-order valence-electron chi connectivity index (χ4n) is 9.70. The van der Waals surface area contributed by atoms with Gasteiger partial charge in [-0.05, 0) is 144 Å². The van der Waals surface area contributed by atoms with Crippen LogP contribution >= 0.6 is 0 Å². The highest BCUT2D eigenvalue weighted by molar-refractivity contribution is 5.91. The standard InChI is InChI=1S/C27H33FN2O5.C27H34N2O4/c1-3-34-14-13-30-18-24(23-16-20(28)4-7-25(23)30)19-8-10-29(11-9-19)12-15-35-26-17-21(33-2)5-6-22(26)27(31)32;1-3-32-17-16-29-19-24(22-9-6-7-20(2)26(22)29)21-11-13-28(14-12-21)15-18-33-25-10-5-4-8-23(25)27(30)31/h4-7,16-19H,3,8-15H2,1-2H3,(H,31,32);4-10,19,21H,3,11-18H2,1-2H3,(H,30,31). The minimum absolute atomic E-state index is 0.123. The molecule has 0 unspecified atom stereocenters. The number of para-hydroxylation sites is 2. The van der Waals surface area contributed by atoms with Crippen molar-refractivity contribution in [3.63, 3.8) is 0 Å². The van der Waals surface area contributed by atoms with Crippen LogP contribution in [0, 0.1) is 12.7 Å². The van der Waals surface area contributed by atoms with Crippen molar-refractivity contribution in [3.8, 4) is 17.2 Å². The van der Waals surface area contributed by atoms with Crippen LogP contribution in [0.1, 0.15) is 88.8 Å². The van der Waals surface area contributed by atoms with Crippen molar-refractivity contribution in [1.29, 1.82) is 0 Å². The Bertz CT molecular complexity index is 2590. The van der Waals surface area contributed by atoms with Gasteiger partial charge in [-0.3, -0.25) is 9.80 Å². The van der Waals surface area contributed by atoms with E-state index in [-0.39, 0.29) is 16.9 Å². The Kier molecular flexibility index (Phi) is 17.9. The Balaban J connectivity index is 0.000000202. The molecule has 2 saturated heterocycles. The van der Waals surface area contributed by atoms with Crippen LogP contribution in [0.5, 0.6) is 17.2 Å². The van der Waals surface area contributed by atoms with Gasteiger partial charge < -0.3 is 43.0 Å². The monoisotopic (exact) mass is 934 g/mol. The summed E-state index contributed by atoms with van der Waals surface area (Å²) in [4.78, 5) is 27.6. The minimum atomic E-state index is -1.03. The zero-order valence-corrected chi connectivity index (χ0v) is 40.0. The first kappa shape index (κ1) is 50.0. The van der Waals surface area contributed by atoms with Crippen LogP contribution in [-0.4, -0.2) is 127 Å². The zero-order chi connectivity index (χ0) is 48.0. The predicted octanol–water partition coefficient (Wildman–Crippen LogP) is 9.72. The maximum absolute atomic E-state index is 14.1. The zero-order valence-electron chi connectivity index (χ0n) is 40.0. The summed E-state index contributed by atoms with van der Waals surface area (Å²) in [5, 5.41) is 21.1. The quantitative estimate of drug-likeness (QED) is 0.0668. The van der Waals surface area contributed by atoms with Gasteiger partial charge in [0.25, 0.3) is 0 Å². The number of ether oxygens (including phenoxy) is 5. The molecule has 2 fully saturated rings. The first-order valence-corrected chi connectivity index (χ1v) is 24.0. The molecule has 4 heterocycles. The van der Waals surface area contributed by atoms with E-state index in [9.17, 15) is 24.2 Å². The van der Waals surface area contributed by atoms with E-state index in [1.807, 2.05) is 19.9 Å². The topological polar surface area (TPSA) is 137 Å². The lowest BCUT2D eigenvalue weighted by molar-refractivity contribution is 0.0680. The van der Waals surface area contributed by atoms with Crippen LogP contribution in [0.25, 0.3) is 21.8 Å². The van der Waals surface area contributed by atoms with Gasteiger partial charge >= 0.3 is 11.9 Å². The number of hydrogen-bond acceptors (Lipinski definition) is 9. The third-order valence-electron chi connectivity index (χ3n) is 13.3. The summed E-state index contributed by atoms with van der Waals surface area (Å²) in [6, 6.07) is 23.2. The molecule has 13 nitrogen and oxygen atoms in total. The van der Waals surface area contributed by atoms with Gasteiger partial charge in [0, 0.05) is 74.1 Å². The lowest BCUT2D eigenvalue weighted by atomic mass is 9.89. The molecule has 2 aliphatic heterocycles. The van der Waals surface area contributed by atoms with Gasteiger partial charge in [0.05, 0.1) is 25.8 Å². The van der Waals surface area contributed by atoms with E-state index in [1.165, 1.54) is 46.8 Å². The molecular formula is C54H67FN4O9. The molecule has 0 spiro atoms. The van der Waals surface area contributed by atoms with Crippen molar-refractivity contribution in [1.82, 2.24) is 18.9 Å². The minimum Gasteiger partial charge on any atom is -0.497 e. The number of aromatic nitrogens is 2. The lowest BCUT2D eigenvalue weighted by Gasteiger charge is -2.31. The molecule has 0 atom stereocenters. The van der Waals surface area contributed by atoms with Crippen LogP contribution < -0.4 is 14.2 Å². The number of rotatable bonds is 21. The van der Waals surface area contributed by atoms with Crippen molar-refractivity contribution >= 4 is 33.7 Å². The van der Waals surface area contributed by atoms with Gasteiger partial charge in [-0.25, -0.2) is 14.0 Å². The number of hydrogen-bond donors (Lipinski definition) is 2. The summed E-state index contributed by atoms with van der Waals surface area (Å²) in [5.41, 5.74) is 6.69. The number of aryl methyl sites for hydroxylation is 1. The summed E-state index contributed by atoms with van der Waals surface area (Å²) in [6.07, 6.45) is 8.70. The summed E-state index contributed by atoms with van der Waals surface area (Å²) >= 11 is 0.